The van der Waals surface area contributed by atoms with Gasteiger partial charge in [0.15, 0.2) is 11.5 Å². The standard InChI is InChI=1S/C30H29F2NO5/c1-19-4-5-21(14-24(19)22-8-6-20(7-9-22)17-33(2)28(35)18-36-3)15-27(34)29(12-13-29)23-10-11-25-26(16-23)38-30(31,32)37-25/h4-11,14,16H,12-13,15,17-18H2,1-3H3. The van der Waals surface area contributed by atoms with Crippen molar-refractivity contribution in [1.82, 2.24) is 4.90 Å². The number of ether oxygens (including phenoxy) is 3. The molecule has 2 aliphatic rings. The van der Waals surface area contributed by atoms with Gasteiger partial charge in [0, 0.05) is 27.1 Å². The van der Waals surface area contributed by atoms with Gasteiger partial charge in [-0.15, -0.1) is 8.78 Å². The molecule has 1 heterocycles. The highest BCUT2D eigenvalue weighted by molar-refractivity contribution is 5.95. The molecule has 1 aliphatic carbocycles. The van der Waals surface area contributed by atoms with Crippen LogP contribution in [0.2, 0.25) is 0 Å². The Morgan fingerprint density at radius 1 is 0.947 bits per heavy atom. The van der Waals surface area contributed by atoms with Crippen LogP contribution in [0.15, 0.2) is 60.7 Å². The first-order chi connectivity index (χ1) is 18.1. The van der Waals surface area contributed by atoms with E-state index in [9.17, 15) is 18.4 Å². The fourth-order valence-electron chi connectivity index (χ4n) is 4.93. The Balaban J connectivity index is 1.30. The minimum absolute atomic E-state index is 0.0237. The van der Waals surface area contributed by atoms with E-state index in [4.69, 9.17) is 4.74 Å². The number of amides is 1. The molecule has 0 saturated heterocycles. The number of hydrogen-bond donors (Lipinski definition) is 0. The normalized spacial score (nSPS) is 16.2. The third-order valence-electron chi connectivity index (χ3n) is 7.28. The van der Waals surface area contributed by atoms with Crippen molar-refractivity contribution in [1.29, 1.82) is 0 Å². The number of carbonyl (C=O) groups is 2. The summed E-state index contributed by atoms with van der Waals surface area (Å²) in [7, 11) is 3.24. The molecule has 0 bridgehead atoms. The Morgan fingerprint density at radius 2 is 1.63 bits per heavy atom. The lowest BCUT2D eigenvalue weighted by atomic mass is 9.87. The van der Waals surface area contributed by atoms with Gasteiger partial charge in [0.2, 0.25) is 5.91 Å². The fraction of sp³-hybridized carbons (Fsp3) is 0.333. The number of hydrogen-bond acceptors (Lipinski definition) is 5. The number of fused-ring (bicyclic) bond motifs is 1. The number of aryl methyl sites for hydroxylation is 1. The van der Waals surface area contributed by atoms with Crippen molar-refractivity contribution < 1.29 is 32.6 Å². The first-order valence-corrected chi connectivity index (χ1v) is 12.5. The lowest BCUT2D eigenvalue weighted by Crippen LogP contribution is -2.29. The van der Waals surface area contributed by atoms with E-state index >= 15 is 0 Å². The molecular formula is C30H29F2NO5. The molecule has 0 spiro atoms. The van der Waals surface area contributed by atoms with Crippen LogP contribution in [-0.2, 0) is 32.7 Å². The lowest BCUT2D eigenvalue weighted by molar-refractivity contribution is -0.286. The molecule has 0 atom stereocenters. The van der Waals surface area contributed by atoms with E-state index in [0.717, 1.165) is 27.8 Å². The van der Waals surface area contributed by atoms with Crippen LogP contribution in [0.25, 0.3) is 11.1 Å². The number of rotatable bonds is 9. The van der Waals surface area contributed by atoms with Crippen molar-refractivity contribution in [2.45, 2.75) is 44.4 Å². The van der Waals surface area contributed by atoms with E-state index < -0.39 is 11.7 Å². The van der Waals surface area contributed by atoms with Crippen molar-refractivity contribution in [2.75, 3.05) is 20.8 Å². The van der Waals surface area contributed by atoms with Crippen molar-refractivity contribution in [3.8, 4) is 22.6 Å². The summed E-state index contributed by atoms with van der Waals surface area (Å²) < 4.78 is 40.9. The summed E-state index contributed by atoms with van der Waals surface area (Å²) in [5.74, 6) is -0.0970. The number of nitrogens with zero attached hydrogens (tertiary/aromatic N) is 1. The zero-order valence-electron chi connectivity index (χ0n) is 21.6. The van der Waals surface area contributed by atoms with Crippen LogP contribution in [0, 0.1) is 6.92 Å². The van der Waals surface area contributed by atoms with Gasteiger partial charge in [0.05, 0.1) is 5.41 Å². The molecule has 0 N–H and O–H groups in total. The summed E-state index contributed by atoms with van der Waals surface area (Å²) >= 11 is 0. The van der Waals surface area contributed by atoms with Crippen LogP contribution < -0.4 is 9.47 Å². The third-order valence-corrected chi connectivity index (χ3v) is 7.28. The van der Waals surface area contributed by atoms with Gasteiger partial charge >= 0.3 is 6.29 Å². The Kier molecular flexibility index (Phi) is 6.69. The molecule has 1 aliphatic heterocycles. The predicted octanol–water partition coefficient (Wildman–Crippen LogP) is 5.43. The maximum absolute atomic E-state index is 13.4. The van der Waals surface area contributed by atoms with Crippen LogP contribution in [-0.4, -0.2) is 43.6 Å². The van der Waals surface area contributed by atoms with Gasteiger partial charge in [0.25, 0.3) is 0 Å². The second-order valence-electron chi connectivity index (χ2n) is 10.0. The number of alkyl halides is 2. The predicted molar refractivity (Wildman–Crippen MR) is 137 cm³/mol. The highest BCUT2D eigenvalue weighted by atomic mass is 19.3. The lowest BCUT2D eigenvalue weighted by Gasteiger charge is -2.17. The second kappa shape index (κ2) is 9.83. The number of likely N-dealkylation sites (N-methyl/N-ethyl adjacent to an activating group) is 1. The fourth-order valence-corrected chi connectivity index (χ4v) is 4.93. The molecule has 5 rings (SSSR count). The van der Waals surface area contributed by atoms with Gasteiger partial charge in [-0.3, -0.25) is 9.59 Å². The Hall–Kier alpha value is -3.78. The summed E-state index contributed by atoms with van der Waals surface area (Å²) in [6, 6.07) is 18.6. The third kappa shape index (κ3) is 5.13. The van der Waals surface area contributed by atoms with E-state index in [1.54, 1.807) is 18.0 Å². The van der Waals surface area contributed by atoms with Gasteiger partial charge in [-0.2, -0.15) is 0 Å². The molecule has 198 valence electrons. The van der Waals surface area contributed by atoms with E-state index in [0.29, 0.717) is 24.9 Å². The van der Waals surface area contributed by atoms with Crippen LogP contribution in [0.4, 0.5) is 8.78 Å². The molecule has 3 aromatic carbocycles. The molecule has 8 heteroatoms. The van der Waals surface area contributed by atoms with E-state index in [-0.39, 0.29) is 36.2 Å². The zero-order chi connectivity index (χ0) is 27.1. The van der Waals surface area contributed by atoms with Crippen molar-refractivity contribution in [3.63, 3.8) is 0 Å². The second-order valence-corrected chi connectivity index (χ2v) is 10.0. The molecule has 0 unspecified atom stereocenters. The SMILES string of the molecule is COCC(=O)N(C)Cc1ccc(-c2cc(CC(=O)C3(c4ccc5c(c4)OC(F)(F)O5)CC3)ccc2C)cc1. The highest BCUT2D eigenvalue weighted by Crippen LogP contribution is 2.52. The number of carbonyl (C=O) groups excluding carboxylic acids is 2. The van der Waals surface area contributed by atoms with Gasteiger partial charge in [0.1, 0.15) is 12.4 Å². The van der Waals surface area contributed by atoms with Crippen LogP contribution in [0.5, 0.6) is 11.5 Å². The van der Waals surface area contributed by atoms with Gasteiger partial charge in [-0.25, -0.2) is 0 Å². The maximum atomic E-state index is 13.4. The summed E-state index contributed by atoms with van der Waals surface area (Å²) in [6.07, 6.45) is -2.11. The summed E-state index contributed by atoms with van der Waals surface area (Å²) in [5.41, 5.74) is 5.02. The molecule has 6 nitrogen and oxygen atoms in total. The van der Waals surface area contributed by atoms with E-state index in [1.807, 2.05) is 49.4 Å². The zero-order valence-corrected chi connectivity index (χ0v) is 21.6. The van der Waals surface area contributed by atoms with Crippen molar-refractivity contribution in [2.24, 2.45) is 0 Å². The summed E-state index contributed by atoms with van der Waals surface area (Å²) in [4.78, 5) is 27.0. The number of ketones is 1. The first-order valence-electron chi connectivity index (χ1n) is 12.5. The van der Waals surface area contributed by atoms with Crippen LogP contribution >= 0.6 is 0 Å². The molecule has 3 aromatic rings. The quantitative estimate of drug-likeness (QED) is 0.376. The average molecular weight is 522 g/mol. The number of benzene rings is 3. The van der Waals surface area contributed by atoms with E-state index in [2.05, 4.69) is 9.47 Å². The smallest absolute Gasteiger partial charge is 0.395 e. The van der Waals surface area contributed by atoms with Crippen LogP contribution in [0.1, 0.15) is 35.1 Å². The Morgan fingerprint density at radius 3 is 2.32 bits per heavy atom. The largest absolute Gasteiger partial charge is 0.586 e. The molecule has 1 amide bonds. The molecular weight excluding hydrogens is 492 g/mol. The summed E-state index contributed by atoms with van der Waals surface area (Å²) in [6.45, 7) is 2.55. The minimum atomic E-state index is -3.68. The molecule has 0 aromatic heterocycles. The minimum Gasteiger partial charge on any atom is -0.395 e. The van der Waals surface area contributed by atoms with Gasteiger partial charge in [-0.05, 0) is 65.3 Å². The average Bonchev–Trinajstić information content (AvgIpc) is 3.63. The Labute approximate surface area is 220 Å². The van der Waals surface area contributed by atoms with Crippen LogP contribution in [0.3, 0.4) is 0 Å². The van der Waals surface area contributed by atoms with Gasteiger partial charge in [-0.1, -0.05) is 48.5 Å². The first kappa shape index (κ1) is 25.9. The van der Waals surface area contributed by atoms with E-state index in [1.165, 1.54) is 19.2 Å². The molecule has 1 fully saturated rings. The molecule has 1 saturated carbocycles. The maximum Gasteiger partial charge on any atom is 0.586 e. The topological polar surface area (TPSA) is 65.1 Å². The molecule has 0 radical (unpaired) electrons. The summed E-state index contributed by atoms with van der Waals surface area (Å²) in [5, 5.41) is 0. The number of Topliss-reactive ketones (excluding diaryl/α,β-unsaturated/α-hetero) is 1. The highest BCUT2D eigenvalue weighted by Gasteiger charge is 2.52. The Bertz CT molecular complexity index is 1380. The monoisotopic (exact) mass is 521 g/mol. The van der Waals surface area contributed by atoms with Gasteiger partial charge < -0.3 is 19.1 Å². The number of methoxy groups -OCH3 is 1. The number of halogens is 2. The molecule has 38 heavy (non-hydrogen) atoms. The van der Waals surface area contributed by atoms with Crippen molar-refractivity contribution in [3.05, 3.63) is 82.9 Å². The van der Waals surface area contributed by atoms with Crippen molar-refractivity contribution >= 4 is 11.7 Å².